The van der Waals surface area contributed by atoms with Crippen molar-refractivity contribution < 1.29 is 14.1 Å². The summed E-state index contributed by atoms with van der Waals surface area (Å²) in [5, 5.41) is 4.00. The van der Waals surface area contributed by atoms with Crippen LogP contribution >= 0.6 is 0 Å². The minimum absolute atomic E-state index is 0.215. The van der Waals surface area contributed by atoms with Gasteiger partial charge in [0.15, 0.2) is 0 Å². The van der Waals surface area contributed by atoms with Crippen LogP contribution in [0.4, 0.5) is 0 Å². The van der Waals surface area contributed by atoms with Crippen LogP contribution in [0, 0.1) is 5.92 Å². The first-order valence-corrected chi connectivity index (χ1v) is 10.2. The molecule has 1 aromatic carbocycles. The third-order valence-electron chi connectivity index (χ3n) is 5.48. The van der Waals surface area contributed by atoms with Gasteiger partial charge in [0.25, 0.3) is 0 Å². The number of nitrogens with zero attached hydrogens (tertiary/aromatic N) is 5. The van der Waals surface area contributed by atoms with Gasteiger partial charge in [0, 0.05) is 38.3 Å². The quantitative estimate of drug-likeness (QED) is 0.594. The molecule has 0 unspecified atom stereocenters. The van der Waals surface area contributed by atoms with Crippen molar-refractivity contribution in [2.24, 2.45) is 5.92 Å². The highest BCUT2D eigenvalue weighted by atomic mass is 16.5. The average molecular weight is 407 g/mol. The number of carbonyl (C=O) groups excluding carboxylic acids is 1. The van der Waals surface area contributed by atoms with Crippen molar-refractivity contribution in [3.63, 3.8) is 0 Å². The van der Waals surface area contributed by atoms with Crippen molar-refractivity contribution in [3.05, 3.63) is 54.3 Å². The second kappa shape index (κ2) is 9.47. The van der Waals surface area contributed by atoms with Crippen LogP contribution in [-0.4, -0.2) is 51.1 Å². The number of benzene rings is 1. The maximum absolute atomic E-state index is 12.6. The molecule has 8 nitrogen and oxygen atoms in total. The Morgan fingerprint density at radius 3 is 2.70 bits per heavy atom. The van der Waals surface area contributed by atoms with Crippen LogP contribution in [-0.2, 0) is 17.6 Å². The fraction of sp³-hybridized carbons (Fsp3) is 0.409. The van der Waals surface area contributed by atoms with E-state index in [1.165, 1.54) is 0 Å². The van der Waals surface area contributed by atoms with Gasteiger partial charge in [-0.25, -0.2) is 4.98 Å². The van der Waals surface area contributed by atoms with Gasteiger partial charge < -0.3 is 14.2 Å². The molecule has 4 rings (SSSR count). The molecule has 1 saturated heterocycles. The van der Waals surface area contributed by atoms with Crippen LogP contribution in [0.2, 0.25) is 0 Å². The second-order valence-corrected chi connectivity index (χ2v) is 7.48. The molecule has 1 aliphatic rings. The van der Waals surface area contributed by atoms with Gasteiger partial charge in [-0.1, -0.05) is 17.3 Å². The molecule has 3 heterocycles. The molecule has 1 amide bonds. The van der Waals surface area contributed by atoms with Crippen LogP contribution < -0.4 is 4.74 Å². The number of rotatable bonds is 7. The van der Waals surface area contributed by atoms with Gasteiger partial charge in [-0.3, -0.25) is 9.78 Å². The van der Waals surface area contributed by atoms with E-state index in [0.717, 1.165) is 50.1 Å². The standard InChI is InChI=1S/C22H25N5O3/c1-29-18-5-2-16(3-6-18)4-7-21(28)27-12-8-17(9-13-27)14-20-25-22(26-30-20)19-15-23-10-11-24-19/h2-3,5-6,10-11,15,17H,4,7-9,12-14H2,1H3. The van der Waals surface area contributed by atoms with E-state index in [4.69, 9.17) is 9.26 Å². The maximum Gasteiger partial charge on any atom is 0.227 e. The number of carbonyl (C=O) groups is 1. The van der Waals surface area contributed by atoms with E-state index in [9.17, 15) is 4.79 Å². The summed E-state index contributed by atoms with van der Waals surface area (Å²) in [5.74, 6) is 2.55. The van der Waals surface area contributed by atoms with E-state index in [1.807, 2.05) is 29.2 Å². The molecule has 0 atom stereocenters. The summed E-state index contributed by atoms with van der Waals surface area (Å²) in [6.45, 7) is 1.55. The molecule has 1 aliphatic heterocycles. The highest BCUT2D eigenvalue weighted by Crippen LogP contribution is 2.23. The number of piperidine rings is 1. The molecule has 0 spiro atoms. The summed E-state index contributed by atoms with van der Waals surface area (Å²) in [7, 11) is 1.65. The van der Waals surface area contributed by atoms with Gasteiger partial charge in [-0.2, -0.15) is 4.98 Å². The highest BCUT2D eigenvalue weighted by molar-refractivity contribution is 5.76. The SMILES string of the molecule is COc1ccc(CCC(=O)N2CCC(Cc3nc(-c4cnccn4)no3)CC2)cc1. The lowest BCUT2D eigenvalue weighted by Gasteiger charge is -2.31. The Kier molecular flexibility index (Phi) is 6.32. The largest absolute Gasteiger partial charge is 0.497 e. The predicted octanol–water partition coefficient (Wildman–Crippen LogP) is 2.95. The zero-order chi connectivity index (χ0) is 20.8. The second-order valence-electron chi connectivity index (χ2n) is 7.48. The van der Waals surface area contributed by atoms with Gasteiger partial charge in [0.1, 0.15) is 11.4 Å². The summed E-state index contributed by atoms with van der Waals surface area (Å²) in [5.41, 5.74) is 1.75. The molecule has 0 N–H and O–H groups in total. The maximum atomic E-state index is 12.6. The fourth-order valence-corrected chi connectivity index (χ4v) is 3.69. The molecule has 0 radical (unpaired) electrons. The lowest BCUT2D eigenvalue weighted by atomic mass is 9.93. The number of ether oxygens (including phenoxy) is 1. The number of hydrogen-bond donors (Lipinski definition) is 0. The van der Waals surface area contributed by atoms with Crippen LogP contribution in [0.25, 0.3) is 11.5 Å². The fourth-order valence-electron chi connectivity index (χ4n) is 3.69. The molecule has 8 heteroatoms. The third-order valence-corrected chi connectivity index (χ3v) is 5.48. The van der Waals surface area contributed by atoms with Gasteiger partial charge in [-0.15, -0.1) is 0 Å². The Bertz CT molecular complexity index is 950. The van der Waals surface area contributed by atoms with Gasteiger partial charge in [0.05, 0.1) is 13.3 Å². The van der Waals surface area contributed by atoms with E-state index >= 15 is 0 Å². The first-order chi connectivity index (χ1) is 14.7. The number of amides is 1. The molecule has 3 aromatic rings. The average Bonchev–Trinajstić information content (AvgIpc) is 3.27. The molecule has 0 bridgehead atoms. The smallest absolute Gasteiger partial charge is 0.227 e. The normalized spacial score (nSPS) is 14.6. The molecule has 0 saturated carbocycles. The summed E-state index contributed by atoms with van der Waals surface area (Å²) < 4.78 is 10.6. The Morgan fingerprint density at radius 2 is 2.00 bits per heavy atom. The summed E-state index contributed by atoms with van der Waals surface area (Å²) >= 11 is 0. The van der Waals surface area contributed by atoms with Crippen molar-refractivity contribution >= 4 is 5.91 Å². The first-order valence-electron chi connectivity index (χ1n) is 10.2. The molecule has 156 valence electrons. The number of methoxy groups -OCH3 is 1. The molecular formula is C22H25N5O3. The van der Waals surface area contributed by atoms with E-state index < -0.39 is 0 Å². The number of hydrogen-bond acceptors (Lipinski definition) is 7. The third kappa shape index (κ3) is 5.00. The van der Waals surface area contributed by atoms with Crippen LogP contribution in [0.5, 0.6) is 5.75 Å². The molecule has 30 heavy (non-hydrogen) atoms. The van der Waals surface area contributed by atoms with E-state index in [0.29, 0.717) is 29.7 Å². The minimum atomic E-state index is 0.215. The minimum Gasteiger partial charge on any atom is -0.497 e. The summed E-state index contributed by atoms with van der Waals surface area (Å²) in [6, 6.07) is 7.88. The Hall–Kier alpha value is -3.29. The number of likely N-dealkylation sites (tertiary alicyclic amines) is 1. The van der Waals surface area contributed by atoms with Gasteiger partial charge in [0.2, 0.25) is 17.6 Å². The van der Waals surface area contributed by atoms with Crippen molar-refractivity contribution in [1.82, 2.24) is 25.0 Å². The van der Waals surface area contributed by atoms with Crippen molar-refractivity contribution in [1.29, 1.82) is 0 Å². The topological polar surface area (TPSA) is 94.2 Å². The number of aromatic nitrogens is 4. The van der Waals surface area contributed by atoms with Crippen LogP contribution in [0.1, 0.15) is 30.7 Å². The molecular weight excluding hydrogens is 382 g/mol. The Balaban J connectivity index is 1.22. The van der Waals surface area contributed by atoms with Crippen LogP contribution in [0.15, 0.2) is 47.4 Å². The van der Waals surface area contributed by atoms with Crippen molar-refractivity contribution in [3.8, 4) is 17.3 Å². The van der Waals surface area contributed by atoms with Gasteiger partial charge in [-0.05, 0) is 42.9 Å². The predicted molar refractivity (Wildman–Crippen MR) is 110 cm³/mol. The van der Waals surface area contributed by atoms with Crippen molar-refractivity contribution in [2.75, 3.05) is 20.2 Å². The molecule has 2 aromatic heterocycles. The lowest BCUT2D eigenvalue weighted by molar-refractivity contribution is -0.132. The zero-order valence-electron chi connectivity index (χ0n) is 17.0. The lowest BCUT2D eigenvalue weighted by Crippen LogP contribution is -2.39. The zero-order valence-corrected chi connectivity index (χ0v) is 17.0. The van der Waals surface area contributed by atoms with E-state index in [-0.39, 0.29) is 5.91 Å². The van der Waals surface area contributed by atoms with Crippen molar-refractivity contribution in [2.45, 2.75) is 32.1 Å². The van der Waals surface area contributed by atoms with Crippen LogP contribution in [0.3, 0.4) is 0 Å². The molecule has 1 fully saturated rings. The van der Waals surface area contributed by atoms with E-state index in [2.05, 4.69) is 20.1 Å². The summed E-state index contributed by atoms with van der Waals surface area (Å²) in [6.07, 6.45) is 8.71. The Labute approximate surface area is 175 Å². The molecule has 0 aliphatic carbocycles. The van der Waals surface area contributed by atoms with Gasteiger partial charge >= 0.3 is 0 Å². The Morgan fingerprint density at radius 1 is 1.20 bits per heavy atom. The first kappa shape index (κ1) is 20.0. The van der Waals surface area contributed by atoms with E-state index in [1.54, 1.807) is 25.7 Å². The monoisotopic (exact) mass is 407 g/mol. The highest BCUT2D eigenvalue weighted by Gasteiger charge is 2.24. The number of aryl methyl sites for hydroxylation is 1. The summed E-state index contributed by atoms with van der Waals surface area (Å²) in [4.78, 5) is 27.2.